The molecule has 0 fully saturated rings. The average molecular weight is 403 g/mol. The number of aryl methyl sites for hydroxylation is 1. The lowest BCUT2D eigenvalue weighted by atomic mass is 10.1. The second-order valence-corrected chi connectivity index (χ2v) is 7.00. The molecule has 1 N–H and O–H groups in total. The molecule has 0 atom stereocenters. The number of aromatic nitrogens is 2. The van der Waals surface area contributed by atoms with Crippen LogP contribution in [0.25, 0.3) is 27.9 Å². The number of carbonyl (C=O) groups excluding carboxylic acids is 1. The first-order valence-corrected chi connectivity index (χ1v) is 9.70. The molecule has 152 valence electrons. The molecule has 4 aromatic rings. The maximum absolute atomic E-state index is 13.0. The Morgan fingerprint density at radius 2 is 1.97 bits per heavy atom. The van der Waals surface area contributed by atoms with Gasteiger partial charge in [0.05, 0.1) is 23.8 Å². The summed E-state index contributed by atoms with van der Waals surface area (Å²) in [5.74, 6) is 0.278. The number of halogens is 1. The number of rotatable bonds is 6. The molecule has 0 unspecified atom stereocenters. The van der Waals surface area contributed by atoms with E-state index in [1.807, 2.05) is 31.3 Å². The molecular formula is C24H22FN3O2. The zero-order chi connectivity index (χ0) is 21.1. The standard InChI is InChI=1S/C24H22FN3O2/c1-16-24-21(11-12-26-16)20-9-8-19(30-2)15-22(20)28(24)14-13-27-23(29)10-5-17-3-6-18(25)7-4-17/h3-12,15H,13-14H2,1-2H3,(H,27,29)/b10-5+. The van der Waals surface area contributed by atoms with Gasteiger partial charge in [-0.15, -0.1) is 0 Å². The first-order valence-electron chi connectivity index (χ1n) is 9.70. The van der Waals surface area contributed by atoms with E-state index in [0.717, 1.165) is 38.8 Å². The van der Waals surface area contributed by atoms with Crippen molar-refractivity contribution in [1.29, 1.82) is 0 Å². The minimum atomic E-state index is -0.302. The van der Waals surface area contributed by atoms with Gasteiger partial charge in [-0.3, -0.25) is 9.78 Å². The summed E-state index contributed by atoms with van der Waals surface area (Å²) in [7, 11) is 1.65. The molecule has 0 saturated carbocycles. The Labute approximate surface area is 173 Å². The van der Waals surface area contributed by atoms with Crippen LogP contribution in [0, 0.1) is 12.7 Å². The first-order chi connectivity index (χ1) is 14.6. The van der Waals surface area contributed by atoms with Gasteiger partial charge < -0.3 is 14.6 Å². The van der Waals surface area contributed by atoms with Crippen LogP contribution in [0.1, 0.15) is 11.3 Å². The van der Waals surface area contributed by atoms with Gasteiger partial charge in [0.2, 0.25) is 5.91 Å². The molecule has 6 heteroatoms. The molecule has 0 radical (unpaired) electrons. The lowest BCUT2D eigenvalue weighted by Crippen LogP contribution is -2.25. The number of hydrogen-bond donors (Lipinski definition) is 1. The number of hydrogen-bond acceptors (Lipinski definition) is 3. The fraction of sp³-hybridized carbons (Fsp3) is 0.167. The molecule has 0 spiro atoms. The molecule has 2 aromatic heterocycles. The van der Waals surface area contributed by atoms with Crippen LogP contribution in [-0.4, -0.2) is 29.1 Å². The normalized spacial score (nSPS) is 11.4. The fourth-order valence-corrected chi connectivity index (χ4v) is 3.65. The van der Waals surface area contributed by atoms with Gasteiger partial charge in [0.1, 0.15) is 11.6 Å². The van der Waals surface area contributed by atoms with Crippen LogP contribution in [0.2, 0.25) is 0 Å². The van der Waals surface area contributed by atoms with Crippen LogP contribution in [0.3, 0.4) is 0 Å². The minimum absolute atomic E-state index is 0.201. The molecule has 0 aliphatic carbocycles. The molecular weight excluding hydrogens is 381 g/mol. The van der Waals surface area contributed by atoms with Crippen LogP contribution >= 0.6 is 0 Å². The third-order valence-corrected chi connectivity index (χ3v) is 5.09. The van der Waals surface area contributed by atoms with Gasteiger partial charge in [0.25, 0.3) is 0 Å². The molecule has 2 aromatic carbocycles. The Hall–Kier alpha value is -3.67. The van der Waals surface area contributed by atoms with E-state index >= 15 is 0 Å². The molecule has 1 amide bonds. The molecule has 0 saturated heterocycles. The van der Waals surface area contributed by atoms with Crippen molar-refractivity contribution < 1.29 is 13.9 Å². The molecule has 0 aliphatic heterocycles. The molecule has 30 heavy (non-hydrogen) atoms. The number of nitrogens with zero attached hydrogens (tertiary/aromatic N) is 2. The summed E-state index contributed by atoms with van der Waals surface area (Å²) in [6.07, 6.45) is 4.93. The van der Waals surface area contributed by atoms with Crippen LogP contribution < -0.4 is 10.1 Å². The highest BCUT2D eigenvalue weighted by Gasteiger charge is 2.13. The predicted molar refractivity (Wildman–Crippen MR) is 117 cm³/mol. The fourth-order valence-electron chi connectivity index (χ4n) is 3.65. The van der Waals surface area contributed by atoms with Crippen molar-refractivity contribution in [2.24, 2.45) is 0 Å². The number of carbonyl (C=O) groups is 1. The minimum Gasteiger partial charge on any atom is -0.497 e. The number of nitrogens with one attached hydrogen (secondary N) is 1. The monoisotopic (exact) mass is 403 g/mol. The number of fused-ring (bicyclic) bond motifs is 3. The third kappa shape index (κ3) is 3.89. The second-order valence-electron chi connectivity index (χ2n) is 7.00. The lowest BCUT2D eigenvalue weighted by molar-refractivity contribution is -0.116. The van der Waals surface area contributed by atoms with Crippen LogP contribution in [0.4, 0.5) is 4.39 Å². The van der Waals surface area contributed by atoms with Crippen molar-refractivity contribution in [3.63, 3.8) is 0 Å². The Morgan fingerprint density at radius 1 is 1.17 bits per heavy atom. The van der Waals surface area contributed by atoms with Gasteiger partial charge in [-0.2, -0.15) is 0 Å². The number of ether oxygens (including phenoxy) is 1. The molecule has 4 rings (SSSR count). The SMILES string of the molecule is COc1ccc2c3ccnc(C)c3n(CCNC(=O)/C=C/c3ccc(F)cc3)c2c1. The maximum Gasteiger partial charge on any atom is 0.244 e. The van der Waals surface area contributed by atoms with Crippen molar-refractivity contribution in [2.75, 3.05) is 13.7 Å². The Kier molecular flexibility index (Phi) is 5.48. The van der Waals surface area contributed by atoms with Gasteiger partial charge in [-0.05, 0) is 48.9 Å². The van der Waals surface area contributed by atoms with E-state index in [1.54, 1.807) is 25.3 Å². The van der Waals surface area contributed by atoms with Gasteiger partial charge in [-0.1, -0.05) is 12.1 Å². The maximum atomic E-state index is 13.0. The summed E-state index contributed by atoms with van der Waals surface area (Å²) in [5.41, 5.74) is 3.79. The highest BCUT2D eigenvalue weighted by molar-refractivity contribution is 6.09. The summed E-state index contributed by atoms with van der Waals surface area (Å²) in [4.78, 5) is 16.6. The van der Waals surface area contributed by atoms with E-state index in [2.05, 4.69) is 20.9 Å². The number of methoxy groups -OCH3 is 1. The largest absolute Gasteiger partial charge is 0.497 e. The van der Waals surface area contributed by atoms with Crippen LogP contribution in [0.15, 0.2) is 60.8 Å². The van der Waals surface area contributed by atoms with E-state index in [9.17, 15) is 9.18 Å². The van der Waals surface area contributed by atoms with Gasteiger partial charge in [0, 0.05) is 42.2 Å². The number of benzene rings is 2. The molecule has 0 bridgehead atoms. The van der Waals surface area contributed by atoms with Crippen molar-refractivity contribution in [2.45, 2.75) is 13.5 Å². The van der Waals surface area contributed by atoms with E-state index in [0.29, 0.717) is 13.1 Å². The van der Waals surface area contributed by atoms with Crippen LogP contribution in [0.5, 0.6) is 5.75 Å². The quantitative estimate of drug-likeness (QED) is 0.483. The summed E-state index contributed by atoms with van der Waals surface area (Å²) >= 11 is 0. The third-order valence-electron chi connectivity index (χ3n) is 5.09. The highest BCUT2D eigenvalue weighted by atomic mass is 19.1. The predicted octanol–water partition coefficient (Wildman–Crippen LogP) is 4.48. The van der Waals surface area contributed by atoms with E-state index in [-0.39, 0.29) is 11.7 Å². The van der Waals surface area contributed by atoms with E-state index in [1.165, 1.54) is 18.2 Å². The van der Waals surface area contributed by atoms with Crippen molar-refractivity contribution in [1.82, 2.24) is 14.9 Å². The van der Waals surface area contributed by atoms with Crippen molar-refractivity contribution >= 4 is 33.8 Å². The highest BCUT2D eigenvalue weighted by Crippen LogP contribution is 2.32. The Bertz CT molecular complexity index is 1240. The average Bonchev–Trinajstić information content (AvgIpc) is 3.07. The van der Waals surface area contributed by atoms with Gasteiger partial charge >= 0.3 is 0 Å². The summed E-state index contributed by atoms with van der Waals surface area (Å²) in [6, 6.07) is 14.0. The molecule has 2 heterocycles. The summed E-state index contributed by atoms with van der Waals surface area (Å²) in [6.45, 7) is 3.03. The van der Waals surface area contributed by atoms with Crippen LogP contribution in [-0.2, 0) is 11.3 Å². The molecule has 5 nitrogen and oxygen atoms in total. The number of pyridine rings is 1. The first kappa shape index (κ1) is 19.6. The van der Waals surface area contributed by atoms with Crippen molar-refractivity contribution in [3.05, 3.63) is 77.9 Å². The number of amides is 1. The summed E-state index contributed by atoms with van der Waals surface area (Å²) in [5, 5.41) is 5.16. The van der Waals surface area contributed by atoms with E-state index < -0.39 is 0 Å². The zero-order valence-corrected chi connectivity index (χ0v) is 16.9. The van der Waals surface area contributed by atoms with Gasteiger partial charge in [0.15, 0.2) is 0 Å². The lowest BCUT2D eigenvalue weighted by Gasteiger charge is -2.10. The zero-order valence-electron chi connectivity index (χ0n) is 16.9. The Balaban J connectivity index is 1.54. The van der Waals surface area contributed by atoms with Gasteiger partial charge in [-0.25, -0.2) is 4.39 Å². The van der Waals surface area contributed by atoms with Crippen molar-refractivity contribution in [3.8, 4) is 5.75 Å². The topological polar surface area (TPSA) is 56.1 Å². The van der Waals surface area contributed by atoms with E-state index in [4.69, 9.17) is 4.74 Å². The molecule has 0 aliphatic rings. The smallest absolute Gasteiger partial charge is 0.244 e. The Morgan fingerprint density at radius 3 is 2.73 bits per heavy atom. The summed E-state index contributed by atoms with van der Waals surface area (Å²) < 4.78 is 20.5. The second kappa shape index (κ2) is 8.37.